The zero-order valence-corrected chi connectivity index (χ0v) is 12.4. The van der Waals surface area contributed by atoms with Gasteiger partial charge in [0.25, 0.3) is 0 Å². The maximum atomic E-state index is 10.1. The topological polar surface area (TPSA) is 35.5 Å². The summed E-state index contributed by atoms with van der Waals surface area (Å²) in [4.78, 5) is 2.37. The zero-order valence-electron chi connectivity index (χ0n) is 12.4. The third kappa shape index (κ3) is 7.74. The monoisotopic (exact) mass is 244 g/mol. The van der Waals surface area contributed by atoms with Gasteiger partial charge in [-0.1, -0.05) is 13.8 Å². The summed E-state index contributed by atoms with van der Waals surface area (Å²) >= 11 is 0. The van der Waals surface area contributed by atoms with E-state index in [0.717, 1.165) is 32.5 Å². The summed E-state index contributed by atoms with van der Waals surface area (Å²) in [5.74, 6) is 0. The number of hydrogen-bond donors (Lipinski definition) is 2. The van der Waals surface area contributed by atoms with Crippen LogP contribution in [0.4, 0.5) is 0 Å². The summed E-state index contributed by atoms with van der Waals surface area (Å²) in [5, 5.41) is 13.4. The van der Waals surface area contributed by atoms with Crippen LogP contribution in [0.15, 0.2) is 0 Å². The van der Waals surface area contributed by atoms with Crippen LogP contribution in [0.2, 0.25) is 0 Å². The highest BCUT2D eigenvalue weighted by atomic mass is 16.3. The Kier molecular flexibility index (Phi) is 8.83. The summed E-state index contributed by atoms with van der Waals surface area (Å²) in [7, 11) is 2.17. The van der Waals surface area contributed by atoms with Crippen molar-refractivity contribution in [1.29, 1.82) is 0 Å². The van der Waals surface area contributed by atoms with E-state index in [1.807, 2.05) is 13.8 Å². The largest absolute Gasteiger partial charge is 0.389 e. The van der Waals surface area contributed by atoms with Crippen molar-refractivity contribution in [2.24, 2.45) is 0 Å². The van der Waals surface area contributed by atoms with Crippen LogP contribution in [0, 0.1) is 0 Å². The van der Waals surface area contributed by atoms with Gasteiger partial charge in [0.15, 0.2) is 0 Å². The van der Waals surface area contributed by atoms with Gasteiger partial charge < -0.3 is 15.3 Å². The van der Waals surface area contributed by atoms with E-state index < -0.39 is 5.60 Å². The average Bonchev–Trinajstić information content (AvgIpc) is 2.32. The number of rotatable bonds is 10. The predicted molar refractivity (Wildman–Crippen MR) is 75.4 cm³/mol. The van der Waals surface area contributed by atoms with Crippen molar-refractivity contribution in [3.63, 3.8) is 0 Å². The van der Waals surface area contributed by atoms with Gasteiger partial charge in [0.1, 0.15) is 0 Å². The molecule has 0 aromatic heterocycles. The molecule has 0 aromatic carbocycles. The van der Waals surface area contributed by atoms with Gasteiger partial charge in [-0.05, 0) is 59.7 Å². The Hall–Kier alpha value is -0.120. The Morgan fingerprint density at radius 3 is 2.24 bits per heavy atom. The molecule has 2 N–H and O–H groups in total. The third-order valence-electron chi connectivity index (χ3n) is 3.77. The molecule has 0 aliphatic heterocycles. The molecule has 0 unspecified atom stereocenters. The van der Waals surface area contributed by atoms with E-state index in [1.165, 1.54) is 12.8 Å². The van der Waals surface area contributed by atoms with E-state index in [2.05, 4.69) is 31.1 Å². The van der Waals surface area contributed by atoms with Crippen LogP contribution in [0.5, 0.6) is 0 Å². The molecule has 0 atom stereocenters. The fourth-order valence-corrected chi connectivity index (χ4v) is 1.69. The molecule has 0 saturated heterocycles. The van der Waals surface area contributed by atoms with Crippen molar-refractivity contribution in [1.82, 2.24) is 10.2 Å². The number of nitrogens with one attached hydrogen (secondary N) is 1. The number of unbranched alkanes of at least 4 members (excludes halogenated alkanes) is 1. The van der Waals surface area contributed by atoms with Gasteiger partial charge >= 0.3 is 0 Å². The fraction of sp³-hybridized carbons (Fsp3) is 1.00. The lowest BCUT2D eigenvalue weighted by Crippen LogP contribution is -2.39. The number of nitrogens with zero attached hydrogens (tertiary/aromatic N) is 1. The SMILES string of the molecule is CCC(O)(CC)CNCCCCN(C)C(C)C. The molecule has 0 aliphatic rings. The second-order valence-corrected chi connectivity index (χ2v) is 5.39. The van der Waals surface area contributed by atoms with E-state index in [1.54, 1.807) is 0 Å². The van der Waals surface area contributed by atoms with Gasteiger partial charge in [-0.25, -0.2) is 0 Å². The van der Waals surface area contributed by atoms with Gasteiger partial charge in [-0.15, -0.1) is 0 Å². The molecule has 0 amide bonds. The zero-order chi connectivity index (χ0) is 13.3. The summed E-state index contributed by atoms with van der Waals surface area (Å²) in [5.41, 5.74) is -0.505. The highest BCUT2D eigenvalue weighted by Gasteiger charge is 2.20. The van der Waals surface area contributed by atoms with Crippen LogP contribution < -0.4 is 5.32 Å². The first-order valence-electron chi connectivity index (χ1n) is 7.08. The lowest BCUT2D eigenvalue weighted by molar-refractivity contribution is 0.0326. The standard InChI is InChI=1S/C14H32N2O/c1-6-14(17,7-2)12-15-10-8-9-11-16(5)13(3)4/h13,15,17H,6-12H2,1-5H3. The lowest BCUT2D eigenvalue weighted by Gasteiger charge is -2.25. The second-order valence-electron chi connectivity index (χ2n) is 5.39. The van der Waals surface area contributed by atoms with Crippen LogP contribution in [0.3, 0.4) is 0 Å². The fourth-order valence-electron chi connectivity index (χ4n) is 1.69. The van der Waals surface area contributed by atoms with E-state index in [0.29, 0.717) is 6.04 Å². The Balaban J connectivity index is 3.47. The lowest BCUT2D eigenvalue weighted by atomic mass is 9.97. The first-order valence-corrected chi connectivity index (χ1v) is 7.08. The molecule has 0 radical (unpaired) electrons. The van der Waals surface area contributed by atoms with Crippen molar-refractivity contribution >= 4 is 0 Å². The van der Waals surface area contributed by atoms with Crippen LogP contribution >= 0.6 is 0 Å². The number of hydrogen-bond acceptors (Lipinski definition) is 3. The van der Waals surface area contributed by atoms with Crippen LogP contribution in [-0.4, -0.2) is 48.3 Å². The molecule has 0 bridgehead atoms. The Morgan fingerprint density at radius 2 is 1.76 bits per heavy atom. The molecule has 3 nitrogen and oxygen atoms in total. The van der Waals surface area contributed by atoms with Gasteiger partial charge in [-0.3, -0.25) is 0 Å². The quantitative estimate of drug-likeness (QED) is 0.579. The van der Waals surface area contributed by atoms with Gasteiger partial charge in [-0.2, -0.15) is 0 Å². The van der Waals surface area contributed by atoms with Crippen molar-refractivity contribution in [2.45, 2.75) is 65.0 Å². The Bertz CT molecular complexity index is 179. The van der Waals surface area contributed by atoms with Gasteiger partial charge in [0.2, 0.25) is 0 Å². The first kappa shape index (κ1) is 16.9. The molecule has 0 aliphatic carbocycles. The smallest absolute Gasteiger partial charge is 0.0766 e. The van der Waals surface area contributed by atoms with E-state index in [-0.39, 0.29) is 0 Å². The minimum absolute atomic E-state index is 0.505. The molecule has 0 saturated carbocycles. The second kappa shape index (κ2) is 8.90. The van der Waals surface area contributed by atoms with Crippen LogP contribution in [0.25, 0.3) is 0 Å². The van der Waals surface area contributed by atoms with Gasteiger partial charge in [0, 0.05) is 12.6 Å². The van der Waals surface area contributed by atoms with E-state index in [4.69, 9.17) is 0 Å². The maximum absolute atomic E-state index is 10.1. The van der Waals surface area contributed by atoms with Crippen molar-refractivity contribution in [2.75, 3.05) is 26.7 Å². The number of aliphatic hydroxyl groups is 1. The average molecular weight is 244 g/mol. The normalized spacial score (nSPS) is 12.7. The Labute approximate surface area is 108 Å². The molecule has 104 valence electrons. The molecule has 3 heteroatoms. The molecule has 0 aromatic rings. The van der Waals surface area contributed by atoms with E-state index >= 15 is 0 Å². The molecule has 0 spiro atoms. The highest BCUT2D eigenvalue weighted by molar-refractivity contribution is 4.77. The molecular formula is C14H32N2O. The summed E-state index contributed by atoms with van der Waals surface area (Å²) in [6.07, 6.45) is 4.05. The van der Waals surface area contributed by atoms with Crippen molar-refractivity contribution in [3.8, 4) is 0 Å². The van der Waals surface area contributed by atoms with Gasteiger partial charge in [0.05, 0.1) is 5.60 Å². The molecule has 17 heavy (non-hydrogen) atoms. The molecular weight excluding hydrogens is 212 g/mol. The minimum atomic E-state index is -0.505. The Morgan fingerprint density at radius 1 is 1.18 bits per heavy atom. The highest BCUT2D eigenvalue weighted by Crippen LogP contribution is 2.12. The van der Waals surface area contributed by atoms with E-state index in [9.17, 15) is 5.11 Å². The summed E-state index contributed by atoms with van der Waals surface area (Å²) < 4.78 is 0. The summed E-state index contributed by atoms with van der Waals surface area (Å²) in [6, 6.07) is 0.633. The minimum Gasteiger partial charge on any atom is -0.389 e. The van der Waals surface area contributed by atoms with Crippen molar-refractivity contribution < 1.29 is 5.11 Å². The molecule has 0 rings (SSSR count). The predicted octanol–water partition coefficient (Wildman–Crippen LogP) is 2.25. The van der Waals surface area contributed by atoms with Crippen molar-refractivity contribution in [3.05, 3.63) is 0 Å². The maximum Gasteiger partial charge on any atom is 0.0766 e. The summed E-state index contributed by atoms with van der Waals surface area (Å²) in [6.45, 7) is 11.4. The first-order chi connectivity index (χ1) is 7.95. The molecule has 0 heterocycles. The van der Waals surface area contributed by atoms with Crippen LogP contribution in [0.1, 0.15) is 53.4 Å². The third-order valence-corrected chi connectivity index (χ3v) is 3.77. The van der Waals surface area contributed by atoms with Crippen LogP contribution in [-0.2, 0) is 0 Å². The molecule has 0 fully saturated rings.